The molecule has 1 amide bonds. The monoisotopic (exact) mass is 315 g/mol. The van der Waals surface area contributed by atoms with Crippen molar-refractivity contribution in [2.45, 2.75) is 6.92 Å². The summed E-state index contributed by atoms with van der Waals surface area (Å²) >= 11 is 0. The zero-order valence-corrected chi connectivity index (χ0v) is 12.7. The van der Waals surface area contributed by atoms with Gasteiger partial charge in [-0.15, -0.1) is 0 Å². The first-order valence-corrected chi connectivity index (χ1v) is 6.97. The van der Waals surface area contributed by atoms with Gasteiger partial charge in [0.15, 0.2) is 0 Å². The number of ether oxygens (including phenoxy) is 2. The van der Waals surface area contributed by atoms with Crippen LogP contribution in [0.2, 0.25) is 0 Å². The number of phenolic OH excluding ortho intramolecular Hbond substituents is 1. The molecule has 0 saturated carbocycles. The fourth-order valence-electron chi connectivity index (χ4n) is 1.87. The SMILES string of the molecule is C=C(C)C(=O)OCCNC(=O)Oc1ccc2c(O)cccc2c1. The predicted octanol–water partition coefficient (Wildman–Crippen LogP) is 2.75. The Balaban J connectivity index is 1.86. The molecular formula is C17H17NO5. The fourth-order valence-corrected chi connectivity index (χ4v) is 1.87. The number of esters is 1. The second-order valence-electron chi connectivity index (χ2n) is 4.89. The molecule has 0 fully saturated rings. The third-order valence-electron chi connectivity index (χ3n) is 2.99. The van der Waals surface area contributed by atoms with Crippen LogP contribution in [0.1, 0.15) is 6.92 Å². The van der Waals surface area contributed by atoms with Crippen molar-refractivity contribution in [2.24, 2.45) is 0 Å². The summed E-state index contributed by atoms with van der Waals surface area (Å²) < 4.78 is 9.97. The molecule has 0 aliphatic carbocycles. The van der Waals surface area contributed by atoms with Gasteiger partial charge in [-0.25, -0.2) is 9.59 Å². The van der Waals surface area contributed by atoms with Crippen molar-refractivity contribution in [3.63, 3.8) is 0 Å². The van der Waals surface area contributed by atoms with Gasteiger partial charge < -0.3 is 19.9 Å². The molecular weight excluding hydrogens is 298 g/mol. The molecule has 120 valence electrons. The summed E-state index contributed by atoms with van der Waals surface area (Å²) in [4.78, 5) is 22.8. The molecule has 0 unspecified atom stereocenters. The summed E-state index contributed by atoms with van der Waals surface area (Å²) in [7, 11) is 0. The summed E-state index contributed by atoms with van der Waals surface area (Å²) in [5, 5.41) is 13.6. The first-order chi connectivity index (χ1) is 11.0. The summed E-state index contributed by atoms with van der Waals surface area (Å²) in [5.41, 5.74) is 0.298. The molecule has 23 heavy (non-hydrogen) atoms. The number of carbonyl (C=O) groups is 2. The second-order valence-corrected chi connectivity index (χ2v) is 4.89. The van der Waals surface area contributed by atoms with E-state index in [9.17, 15) is 14.7 Å². The fraction of sp³-hybridized carbons (Fsp3) is 0.176. The van der Waals surface area contributed by atoms with Crippen molar-refractivity contribution in [1.29, 1.82) is 0 Å². The van der Waals surface area contributed by atoms with E-state index >= 15 is 0 Å². The average molecular weight is 315 g/mol. The van der Waals surface area contributed by atoms with Crippen LogP contribution in [0, 0.1) is 0 Å². The summed E-state index contributed by atoms with van der Waals surface area (Å²) in [5.74, 6) is 0.00636. The molecule has 2 N–H and O–H groups in total. The standard InChI is InChI=1S/C17H17NO5/c1-11(2)16(20)22-9-8-18-17(21)23-13-6-7-14-12(10-13)4-3-5-15(14)19/h3-7,10,19H,1,8-9H2,2H3,(H,18,21). The number of benzene rings is 2. The highest BCUT2D eigenvalue weighted by molar-refractivity contribution is 5.89. The zero-order chi connectivity index (χ0) is 16.8. The topological polar surface area (TPSA) is 84.9 Å². The van der Waals surface area contributed by atoms with E-state index in [4.69, 9.17) is 9.47 Å². The van der Waals surface area contributed by atoms with Crippen molar-refractivity contribution < 1.29 is 24.2 Å². The number of carbonyl (C=O) groups excluding carboxylic acids is 2. The van der Waals surface area contributed by atoms with Gasteiger partial charge in [-0.1, -0.05) is 18.7 Å². The smallest absolute Gasteiger partial charge is 0.412 e. The molecule has 6 nitrogen and oxygen atoms in total. The van der Waals surface area contributed by atoms with Gasteiger partial charge in [-0.3, -0.25) is 0 Å². The quantitative estimate of drug-likeness (QED) is 0.503. The van der Waals surface area contributed by atoms with Gasteiger partial charge in [0.05, 0.1) is 6.54 Å². The van der Waals surface area contributed by atoms with E-state index in [-0.39, 0.29) is 18.9 Å². The molecule has 2 aromatic carbocycles. The van der Waals surface area contributed by atoms with Crippen LogP contribution < -0.4 is 10.1 Å². The van der Waals surface area contributed by atoms with Crippen LogP contribution in [0.15, 0.2) is 48.6 Å². The van der Waals surface area contributed by atoms with Gasteiger partial charge in [0.25, 0.3) is 0 Å². The van der Waals surface area contributed by atoms with Gasteiger partial charge in [0.1, 0.15) is 18.1 Å². The molecule has 0 aromatic heterocycles. The van der Waals surface area contributed by atoms with Crippen molar-refractivity contribution in [3.05, 3.63) is 48.6 Å². The molecule has 0 saturated heterocycles. The highest BCUT2D eigenvalue weighted by atomic mass is 16.6. The lowest BCUT2D eigenvalue weighted by atomic mass is 10.1. The number of hydrogen-bond donors (Lipinski definition) is 2. The zero-order valence-electron chi connectivity index (χ0n) is 12.7. The van der Waals surface area contributed by atoms with Crippen LogP contribution in [0.25, 0.3) is 10.8 Å². The van der Waals surface area contributed by atoms with Crippen LogP contribution in [-0.2, 0) is 9.53 Å². The number of fused-ring (bicyclic) bond motifs is 1. The largest absolute Gasteiger partial charge is 0.507 e. The Kier molecular flexibility index (Phi) is 5.19. The van der Waals surface area contributed by atoms with E-state index in [0.717, 1.165) is 5.39 Å². The molecule has 0 atom stereocenters. The van der Waals surface area contributed by atoms with Crippen LogP contribution >= 0.6 is 0 Å². The minimum Gasteiger partial charge on any atom is -0.507 e. The van der Waals surface area contributed by atoms with Crippen molar-refractivity contribution in [1.82, 2.24) is 5.32 Å². The average Bonchev–Trinajstić information content (AvgIpc) is 2.51. The molecule has 0 heterocycles. The van der Waals surface area contributed by atoms with E-state index in [1.807, 2.05) is 0 Å². The van der Waals surface area contributed by atoms with E-state index < -0.39 is 12.1 Å². The molecule has 0 radical (unpaired) electrons. The number of nitrogens with one attached hydrogen (secondary N) is 1. The lowest BCUT2D eigenvalue weighted by Crippen LogP contribution is -2.30. The Labute approximate surface area is 133 Å². The van der Waals surface area contributed by atoms with Crippen molar-refractivity contribution >= 4 is 22.8 Å². The molecule has 0 bridgehead atoms. The first kappa shape index (κ1) is 16.4. The Morgan fingerprint density at radius 1 is 1.26 bits per heavy atom. The highest BCUT2D eigenvalue weighted by Gasteiger charge is 2.07. The molecule has 6 heteroatoms. The first-order valence-electron chi connectivity index (χ1n) is 6.97. The maximum Gasteiger partial charge on any atom is 0.412 e. The number of phenols is 1. The lowest BCUT2D eigenvalue weighted by Gasteiger charge is -2.08. The third kappa shape index (κ3) is 4.47. The normalized spacial score (nSPS) is 10.1. The summed E-state index contributed by atoms with van der Waals surface area (Å²) in [6.07, 6.45) is -0.657. The maximum atomic E-state index is 11.7. The molecule has 2 aromatic rings. The van der Waals surface area contributed by atoms with Gasteiger partial charge in [-0.05, 0) is 36.6 Å². The van der Waals surface area contributed by atoms with Gasteiger partial charge in [0.2, 0.25) is 0 Å². The van der Waals surface area contributed by atoms with E-state index in [1.54, 1.807) is 43.3 Å². The minimum atomic E-state index is -0.657. The van der Waals surface area contributed by atoms with E-state index in [1.165, 1.54) is 0 Å². The Bertz CT molecular complexity index is 754. The Morgan fingerprint density at radius 2 is 2.04 bits per heavy atom. The number of amides is 1. The molecule has 0 aliphatic rings. The van der Waals surface area contributed by atoms with Gasteiger partial charge >= 0.3 is 12.1 Å². The summed E-state index contributed by atoms with van der Waals surface area (Å²) in [6.45, 7) is 5.16. The van der Waals surface area contributed by atoms with Crippen molar-refractivity contribution in [3.8, 4) is 11.5 Å². The van der Waals surface area contributed by atoms with Crippen molar-refractivity contribution in [2.75, 3.05) is 13.2 Å². The Morgan fingerprint density at radius 3 is 2.78 bits per heavy atom. The molecule has 0 aliphatic heterocycles. The van der Waals surface area contributed by atoms with Gasteiger partial charge in [0, 0.05) is 11.0 Å². The second kappa shape index (κ2) is 7.31. The maximum absolute atomic E-state index is 11.7. The number of hydrogen-bond acceptors (Lipinski definition) is 5. The summed E-state index contributed by atoms with van der Waals surface area (Å²) in [6, 6.07) is 10.00. The van der Waals surface area contributed by atoms with Gasteiger partial charge in [-0.2, -0.15) is 0 Å². The molecule has 2 rings (SSSR count). The van der Waals surface area contributed by atoms with Crippen LogP contribution in [0.5, 0.6) is 11.5 Å². The molecule has 0 spiro atoms. The lowest BCUT2D eigenvalue weighted by molar-refractivity contribution is -0.138. The van der Waals surface area contributed by atoms with Crippen LogP contribution in [0.3, 0.4) is 0 Å². The van der Waals surface area contributed by atoms with E-state index in [2.05, 4.69) is 11.9 Å². The number of aromatic hydroxyl groups is 1. The number of rotatable bonds is 5. The third-order valence-corrected chi connectivity index (χ3v) is 2.99. The van der Waals surface area contributed by atoms with Crippen LogP contribution in [0.4, 0.5) is 4.79 Å². The minimum absolute atomic E-state index is 0.0341. The highest BCUT2D eigenvalue weighted by Crippen LogP contribution is 2.27. The predicted molar refractivity (Wildman–Crippen MR) is 85.4 cm³/mol. The van der Waals surface area contributed by atoms with E-state index in [0.29, 0.717) is 16.7 Å². The Hall–Kier alpha value is -3.02. The van der Waals surface area contributed by atoms with Crippen LogP contribution in [-0.4, -0.2) is 30.3 Å².